The Morgan fingerprint density at radius 3 is 2.83 bits per heavy atom. The minimum Gasteiger partial charge on any atom is -0.508 e. The van der Waals surface area contributed by atoms with Gasteiger partial charge in [-0.05, 0) is 18.1 Å². The van der Waals surface area contributed by atoms with Crippen molar-refractivity contribution >= 4 is 5.95 Å². The number of H-pyrrole nitrogens is 1. The number of anilines is 1. The third-order valence-electron chi connectivity index (χ3n) is 3.61. The first-order valence-electron chi connectivity index (χ1n) is 7.52. The Morgan fingerprint density at radius 2 is 2.04 bits per heavy atom. The van der Waals surface area contributed by atoms with E-state index in [0.29, 0.717) is 18.4 Å². The van der Waals surface area contributed by atoms with Crippen molar-refractivity contribution in [2.24, 2.45) is 0 Å². The molecule has 6 nitrogen and oxygen atoms in total. The fraction of sp³-hybridized carbons (Fsp3) is 0.235. The highest BCUT2D eigenvalue weighted by atomic mass is 16.3. The van der Waals surface area contributed by atoms with Gasteiger partial charge in [-0.1, -0.05) is 32.0 Å². The van der Waals surface area contributed by atoms with Crippen molar-refractivity contribution in [2.45, 2.75) is 26.3 Å². The number of phenolic OH excluding ortho intramolecular Hbond substituents is 1. The van der Waals surface area contributed by atoms with Crippen molar-refractivity contribution < 1.29 is 5.11 Å². The summed E-state index contributed by atoms with van der Waals surface area (Å²) in [6.45, 7) is 4.67. The number of phenols is 1. The first kappa shape index (κ1) is 15.0. The molecule has 0 saturated carbocycles. The lowest BCUT2D eigenvalue weighted by molar-refractivity contribution is 0.469. The van der Waals surface area contributed by atoms with Gasteiger partial charge < -0.3 is 10.4 Å². The Bertz CT molecular complexity index is 797. The molecule has 0 radical (unpaired) electrons. The Kier molecular flexibility index (Phi) is 4.23. The molecule has 0 fully saturated rings. The van der Waals surface area contributed by atoms with Gasteiger partial charge in [0.15, 0.2) is 0 Å². The maximum Gasteiger partial charge on any atom is 0.223 e. The number of benzene rings is 1. The summed E-state index contributed by atoms with van der Waals surface area (Å²) < 4.78 is 0. The molecule has 118 valence electrons. The van der Waals surface area contributed by atoms with Crippen LogP contribution < -0.4 is 5.32 Å². The summed E-state index contributed by atoms with van der Waals surface area (Å²) in [5, 5.41) is 20.1. The molecule has 6 heteroatoms. The van der Waals surface area contributed by atoms with E-state index in [-0.39, 0.29) is 5.75 Å². The molecule has 1 aromatic carbocycles. The van der Waals surface area contributed by atoms with Gasteiger partial charge in [-0.3, -0.25) is 5.10 Å². The van der Waals surface area contributed by atoms with Crippen LogP contribution in [0, 0.1) is 0 Å². The number of rotatable bonds is 5. The van der Waals surface area contributed by atoms with Gasteiger partial charge in [0, 0.05) is 29.6 Å². The van der Waals surface area contributed by atoms with Crippen molar-refractivity contribution in [1.29, 1.82) is 0 Å². The van der Waals surface area contributed by atoms with Crippen molar-refractivity contribution in [3.63, 3.8) is 0 Å². The number of nitrogens with one attached hydrogen (secondary N) is 2. The van der Waals surface area contributed by atoms with Crippen LogP contribution in [0.15, 0.2) is 42.7 Å². The standard InChI is InChI=1S/C17H19N5O/c1-11(2)16-13(10-20-22-16)14-7-8-18-17(21-14)19-9-12-5-3-4-6-15(12)23/h3-8,10-11,23H,9H2,1-2H3,(H,20,22)(H,18,19,21). The van der Waals surface area contributed by atoms with Crippen LogP contribution in [0.25, 0.3) is 11.3 Å². The first-order valence-corrected chi connectivity index (χ1v) is 7.52. The lowest BCUT2D eigenvalue weighted by Gasteiger charge is -2.09. The molecule has 0 atom stereocenters. The predicted octanol–water partition coefficient (Wildman–Crippen LogP) is 3.31. The summed E-state index contributed by atoms with van der Waals surface area (Å²) in [6.07, 6.45) is 3.50. The molecule has 2 aromatic heterocycles. The largest absolute Gasteiger partial charge is 0.508 e. The molecular formula is C17H19N5O. The van der Waals surface area contributed by atoms with Gasteiger partial charge in [-0.15, -0.1) is 0 Å². The lowest BCUT2D eigenvalue weighted by atomic mass is 10.0. The molecule has 0 spiro atoms. The predicted molar refractivity (Wildman–Crippen MR) is 89.1 cm³/mol. The van der Waals surface area contributed by atoms with E-state index in [1.165, 1.54) is 0 Å². The van der Waals surface area contributed by atoms with Gasteiger partial charge in [-0.2, -0.15) is 5.10 Å². The zero-order valence-electron chi connectivity index (χ0n) is 13.1. The molecule has 0 aliphatic rings. The minimum atomic E-state index is 0.257. The lowest BCUT2D eigenvalue weighted by Crippen LogP contribution is -2.04. The van der Waals surface area contributed by atoms with Crippen LogP contribution >= 0.6 is 0 Å². The molecule has 23 heavy (non-hydrogen) atoms. The van der Waals surface area contributed by atoms with E-state index >= 15 is 0 Å². The summed E-state index contributed by atoms with van der Waals surface area (Å²) in [6, 6.07) is 9.06. The quantitative estimate of drug-likeness (QED) is 0.673. The van der Waals surface area contributed by atoms with Crippen molar-refractivity contribution in [2.75, 3.05) is 5.32 Å². The van der Waals surface area contributed by atoms with Gasteiger partial charge >= 0.3 is 0 Å². The number of hydrogen-bond donors (Lipinski definition) is 3. The molecule has 3 aromatic rings. The van der Waals surface area contributed by atoms with Gasteiger partial charge in [0.05, 0.1) is 11.9 Å². The molecule has 2 heterocycles. The summed E-state index contributed by atoms with van der Waals surface area (Å²) >= 11 is 0. The summed E-state index contributed by atoms with van der Waals surface area (Å²) in [4.78, 5) is 8.77. The van der Waals surface area contributed by atoms with Crippen molar-refractivity contribution in [3.8, 4) is 17.0 Å². The number of aromatic nitrogens is 4. The number of hydrogen-bond acceptors (Lipinski definition) is 5. The van der Waals surface area contributed by atoms with E-state index in [9.17, 15) is 5.11 Å². The van der Waals surface area contributed by atoms with Crippen LogP contribution in [0.3, 0.4) is 0 Å². The highest BCUT2D eigenvalue weighted by molar-refractivity contribution is 5.62. The fourth-order valence-electron chi connectivity index (χ4n) is 2.37. The monoisotopic (exact) mass is 309 g/mol. The Morgan fingerprint density at radius 1 is 1.22 bits per heavy atom. The highest BCUT2D eigenvalue weighted by Gasteiger charge is 2.12. The number of aromatic hydroxyl groups is 1. The number of aromatic amines is 1. The summed E-state index contributed by atoms with van der Waals surface area (Å²) in [5.41, 5.74) is 3.65. The molecule has 0 aliphatic heterocycles. The van der Waals surface area contributed by atoms with E-state index in [1.54, 1.807) is 24.5 Å². The second-order valence-corrected chi connectivity index (χ2v) is 5.60. The molecule has 0 aliphatic carbocycles. The van der Waals surface area contributed by atoms with E-state index in [0.717, 1.165) is 22.5 Å². The second kappa shape index (κ2) is 6.48. The van der Waals surface area contributed by atoms with Gasteiger partial charge in [0.2, 0.25) is 5.95 Å². The zero-order chi connectivity index (χ0) is 16.2. The number of para-hydroxylation sites is 1. The third kappa shape index (κ3) is 3.31. The molecule has 0 bridgehead atoms. The smallest absolute Gasteiger partial charge is 0.223 e. The van der Waals surface area contributed by atoms with E-state index in [4.69, 9.17) is 0 Å². The maximum atomic E-state index is 9.80. The highest BCUT2D eigenvalue weighted by Crippen LogP contribution is 2.26. The topological polar surface area (TPSA) is 86.7 Å². The van der Waals surface area contributed by atoms with Crippen LogP contribution in [0.4, 0.5) is 5.95 Å². The molecule has 0 unspecified atom stereocenters. The molecule has 0 saturated heterocycles. The van der Waals surface area contributed by atoms with E-state index in [1.807, 2.05) is 18.2 Å². The van der Waals surface area contributed by atoms with Crippen LogP contribution in [0.1, 0.15) is 31.0 Å². The normalized spacial score (nSPS) is 10.9. The van der Waals surface area contributed by atoms with Gasteiger partial charge in [0.25, 0.3) is 0 Å². The first-order chi connectivity index (χ1) is 11.1. The minimum absolute atomic E-state index is 0.257. The maximum absolute atomic E-state index is 9.80. The van der Waals surface area contributed by atoms with Gasteiger partial charge in [-0.25, -0.2) is 9.97 Å². The average molecular weight is 309 g/mol. The molecular weight excluding hydrogens is 290 g/mol. The summed E-state index contributed by atoms with van der Waals surface area (Å²) in [7, 11) is 0. The third-order valence-corrected chi connectivity index (χ3v) is 3.61. The summed E-state index contributed by atoms with van der Waals surface area (Å²) in [5.74, 6) is 1.11. The molecule has 0 amide bonds. The van der Waals surface area contributed by atoms with Crippen LogP contribution in [-0.2, 0) is 6.54 Å². The SMILES string of the molecule is CC(C)c1[nH]ncc1-c1ccnc(NCc2ccccc2O)n1. The van der Waals surface area contributed by atoms with E-state index < -0.39 is 0 Å². The zero-order valence-corrected chi connectivity index (χ0v) is 13.1. The second-order valence-electron chi connectivity index (χ2n) is 5.60. The van der Waals surface area contributed by atoms with Crippen LogP contribution in [0.5, 0.6) is 5.75 Å². The van der Waals surface area contributed by atoms with E-state index in [2.05, 4.69) is 39.3 Å². The molecule has 3 N–H and O–H groups in total. The van der Waals surface area contributed by atoms with Crippen LogP contribution in [0.2, 0.25) is 0 Å². The number of nitrogens with zero attached hydrogens (tertiary/aromatic N) is 3. The Balaban J connectivity index is 1.80. The van der Waals surface area contributed by atoms with Crippen LogP contribution in [-0.4, -0.2) is 25.3 Å². The Labute approximate surface area is 134 Å². The average Bonchev–Trinajstić information content (AvgIpc) is 3.04. The van der Waals surface area contributed by atoms with Crippen molar-refractivity contribution in [3.05, 3.63) is 54.0 Å². The molecule has 3 rings (SSSR count). The Hall–Kier alpha value is -2.89. The van der Waals surface area contributed by atoms with Crippen molar-refractivity contribution in [1.82, 2.24) is 20.2 Å². The van der Waals surface area contributed by atoms with Gasteiger partial charge in [0.1, 0.15) is 5.75 Å². The fourth-order valence-corrected chi connectivity index (χ4v) is 2.37.